The fourth-order valence-electron chi connectivity index (χ4n) is 5.18. The maximum atomic E-state index is 12.2. The van der Waals surface area contributed by atoms with E-state index in [1.54, 1.807) is 66.7 Å². The van der Waals surface area contributed by atoms with Gasteiger partial charge in [-0.15, -0.1) is 0 Å². The lowest BCUT2D eigenvalue weighted by Crippen LogP contribution is -2.38. The standard InChI is InChI=1S/C13H27NO5.C12H27NO6S.C11H23NO3.C10H23NO4S/c1-12(2)9-13(15)14(10-18-7-5-16-3)11-19-8-6-17-4;1-12(2)9-20(14,15)13(10-18-7-5-16-3)11-19-8-6-17-4;1-10(2)9-11(13)12(5-7-14-3)6-8-15-4;1-10(2)9-16(12,13)11(5-7-14-3)6-8-15-4/h12H,5-11H2,1-4H3;12H,5-11H2,1-4H3;10H,5-9H2,1-4H3;10H,5-9H2,1-4H3. The minimum absolute atomic E-state index is 0.0323. The molecule has 0 atom stereocenters. The molecule has 0 aromatic rings. The zero-order valence-corrected chi connectivity index (χ0v) is 47.9. The highest BCUT2D eigenvalue weighted by molar-refractivity contribution is 7.89. The fraction of sp³-hybridized carbons (Fsp3) is 0.957. The molecular weight excluding hydrogens is 961 g/mol. The van der Waals surface area contributed by atoms with E-state index in [4.69, 9.17) is 56.8 Å². The molecule has 0 aromatic heterocycles. The van der Waals surface area contributed by atoms with Crippen molar-refractivity contribution in [2.75, 3.05) is 201 Å². The maximum absolute atomic E-state index is 12.2. The Morgan fingerprint density at radius 2 is 0.614 bits per heavy atom. The SMILES string of the molecule is COCCN(CCOC)C(=O)CC(C)C.COCCN(CCOC)S(=O)(=O)CC(C)C.COCCOCN(COCCOC)C(=O)CC(C)C.COCCOCN(COCCOC)S(=O)(=O)CC(C)C. The highest BCUT2D eigenvalue weighted by atomic mass is 32.2. The number of rotatable bonds is 42. The van der Waals surface area contributed by atoms with Crippen LogP contribution in [0.15, 0.2) is 0 Å². The summed E-state index contributed by atoms with van der Waals surface area (Å²) < 4.78 is 111. The van der Waals surface area contributed by atoms with Crippen LogP contribution in [0, 0.1) is 23.7 Å². The average Bonchev–Trinajstić information content (AvgIpc) is 3.27. The van der Waals surface area contributed by atoms with Crippen LogP contribution >= 0.6 is 0 Å². The number of hydrogen-bond acceptors (Lipinski definition) is 18. The number of carbonyl (C=O) groups excluding carboxylic acids is 2. The molecule has 0 aliphatic rings. The van der Waals surface area contributed by atoms with E-state index in [1.807, 2.05) is 55.4 Å². The van der Waals surface area contributed by atoms with E-state index in [0.717, 1.165) is 0 Å². The van der Waals surface area contributed by atoms with Gasteiger partial charge in [-0.3, -0.25) is 14.5 Å². The van der Waals surface area contributed by atoms with Crippen molar-refractivity contribution < 1.29 is 83.3 Å². The highest BCUT2D eigenvalue weighted by Crippen LogP contribution is 2.10. The summed E-state index contributed by atoms with van der Waals surface area (Å²) >= 11 is 0. The topological polar surface area (TPSA) is 226 Å². The molecule has 0 N–H and O–H groups in total. The van der Waals surface area contributed by atoms with Crippen molar-refractivity contribution in [1.29, 1.82) is 0 Å². The highest BCUT2D eigenvalue weighted by Gasteiger charge is 2.24. The van der Waals surface area contributed by atoms with Crippen molar-refractivity contribution in [3.63, 3.8) is 0 Å². The number of sulfonamides is 2. The Labute approximate surface area is 424 Å². The summed E-state index contributed by atoms with van der Waals surface area (Å²) in [5.41, 5.74) is 0. The van der Waals surface area contributed by atoms with Gasteiger partial charge in [0.1, 0.15) is 26.9 Å². The van der Waals surface area contributed by atoms with Crippen molar-refractivity contribution in [3.8, 4) is 0 Å². The van der Waals surface area contributed by atoms with Gasteiger partial charge < -0.3 is 61.7 Å². The molecule has 0 bridgehead atoms. The third kappa shape index (κ3) is 48.5. The summed E-state index contributed by atoms with van der Waals surface area (Å²) in [5, 5.41) is 0. The first kappa shape index (κ1) is 74.8. The number of carbonyl (C=O) groups is 2. The number of ether oxygens (including phenoxy) is 12. The van der Waals surface area contributed by atoms with E-state index in [0.29, 0.717) is 130 Å². The molecule has 2 amide bonds. The van der Waals surface area contributed by atoms with Crippen LogP contribution in [0.1, 0.15) is 68.2 Å². The van der Waals surface area contributed by atoms with E-state index in [1.165, 1.54) is 8.61 Å². The second-order valence-electron chi connectivity index (χ2n) is 17.3. The summed E-state index contributed by atoms with van der Waals surface area (Å²) in [5.74, 6) is 1.31. The Bertz CT molecular complexity index is 1340. The molecule has 0 spiro atoms. The molecule has 22 nitrogen and oxygen atoms in total. The van der Waals surface area contributed by atoms with Gasteiger partial charge in [-0.25, -0.2) is 16.8 Å². The molecule has 0 aromatic carbocycles. The third-order valence-corrected chi connectivity index (χ3v) is 13.0. The second kappa shape index (κ2) is 50.8. The Morgan fingerprint density at radius 1 is 0.343 bits per heavy atom. The average molecular weight is 1060 g/mol. The smallest absolute Gasteiger partial charge is 0.226 e. The zero-order valence-electron chi connectivity index (χ0n) is 46.2. The van der Waals surface area contributed by atoms with Crippen LogP contribution in [0.5, 0.6) is 0 Å². The molecule has 0 rings (SSSR count). The van der Waals surface area contributed by atoms with Gasteiger partial charge >= 0.3 is 0 Å². The first-order chi connectivity index (χ1) is 33.1. The molecule has 0 aliphatic carbocycles. The lowest BCUT2D eigenvalue weighted by atomic mass is 10.1. The van der Waals surface area contributed by atoms with Crippen molar-refractivity contribution in [2.24, 2.45) is 23.7 Å². The van der Waals surface area contributed by atoms with Crippen molar-refractivity contribution in [1.82, 2.24) is 18.4 Å². The summed E-state index contributed by atoms with van der Waals surface area (Å²) in [6.07, 6.45) is 1.08. The lowest BCUT2D eigenvalue weighted by Gasteiger charge is -2.23. The van der Waals surface area contributed by atoms with E-state index in [-0.39, 0.29) is 62.1 Å². The van der Waals surface area contributed by atoms with Crippen LogP contribution in [0.2, 0.25) is 0 Å². The molecule has 0 aliphatic heterocycles. The van der Waals surface area contributed by atoms with Gasteiger partial charge in [-0.1, -0.05) is 55.4 Å². The van der Waals surface area contributed by atoms with Gasteiger partial charge in [-0.05, 0) is 23.7 Å². The first-order valence-corrected chi connectivity index (χ1v) is 27.1. The largest absolute Gasteiger partial charge is 0.383 e. The fourth-order valence-corrected chi connectivity index (χ4v) is 8.46. The molecule has 0 radical (unpaired) electrons. The van der Waals surface area contributed by atoms with E-state index < -0.39 is 20.0 Å². The Balaban J connectivity index is -0.000000418. The normalized spacial score (nSPS) is 11.7. The van der Waals surface area contributed by atoms with Gasteiger partial charge in [0.05, 0.1) is 90.8 Å². The predicted molar refractivity (Wildman–Crippen MR) is 271 cm³/mol. The lowest BCUT2D eigenvalue weighted by molar-refractivity contribution is -0.147. The van der Waals surface area contributed by atoms with Crippen LogP contribution in [0.4, 0.5) is 0 Å². The number of hydrogen-bond donors (Lipinski definition) is 0. The minimum atomic E-state index is -3.39. The molecular formula is C46H100N4O18S2. The third-order valence-electron chi connectivity index (χ3n) is 8.66. The van der Waals surface area contributed by atoms with Crippen LogP contribution in [-0.2, 0) is 86.5 Å². The number of nitrogens with zero attached hydrogens (tertiary/aromatic N) is 4. The van der Waals surface area contributed by atoms with E-state index in [2.05, 4.69) is 0 Å². The van der Waals surface area contributed by atoms with Gasteiger partial charge in [-0.2, -0.15) is 8.61 Å². The predicted octanol–water partition coefficient (Wildman–Crippen LogP) is 3.34. The zero-order chi connectivity index (χ0) is 54.2. The molecule has 24 heteroatoms. The van der Waals surface area contributed by atoms with Crippen molar-refractivity contribution in [2.45, 2.75) is 68.2 Å². The molecule has 0 unspecified atom stereocenters. The van der Waals surface area contributed by atoms with Crippen molar-refractivity contribution in [3.05, 3.63) is 0 Å². The molecule has 0 saturated heterocycles. The van der Waals surface area contributed by atoms with Gasteiger partial charge in [0.15, 0.2) is 0 Å². The molecule has 424 valence electrons. The number of methoxy groups -OCH3 is 8. The maximum Gasteiger partial charge on any atom is 0.226 e. The summed E-state index contributed by atoms with van der Waals surface area (Å²) in [6, 6.07) is 0. The molecule has 0 saturated carbocycles. The molecule has 0 fully saturated rings. The number of amides is 2. The summed E-state index contributed by atoms with van der Waals surface area (Å²) in [6.45, 7) is 23.4. The first-order valence-electron chi connectivity index (χ1n) is 23.8. The van der Waals surface area contributed by atoms with E-state index in [9.17, 15) is 26.4 Å². The van der Waals surface area contributed by atoms with Gasteiger partial charge in [0, 0.05) is 95.9 Å². The van der Waals surface area contributed by atoms with Crippen LogP contribution in [-0.4, -0.2) is 248 Å². The Kier molecular flexibility index (Phi) is 54.3. The van der Waals surface area contributed by atoms with E-state index >= 15 is 0 Å². The second-order valence-corrected chi connectivity index (χ2v) is 21.3. The quantitative estimate of drug-likeness (QED) is 0.0631. The Morgan fingerprint density at radius 3 is 0.900 bits per heavy atom. The van der Waals surface area contributed by atoms with Crippen molar-refractivity contribution >= 4 is 31.9 Å². The van der Waals surface area contributed by atoms with Crippen LogP contribution in [0.25, 0.3) is 0 Å². The molecule has 0 heterocycles. The monoisotopic (exact) mass is 1060 g/mol. The Hall–Kier alpha value is -1.72. The van der Waals surface area contributed by atoms with Gasteiger partial charge in [0.2, 0.25) is 31.9 Å². The molecule has 70 heavy (non-hydrogen) atoms. The summed E-state index contributed by atoms with van der Waals surface area (Å²) in [4.78, 5) is 27.1. The van der Waals surface area contributed by atoms with Crippen LogP contribution in [0.3, 0.4) is 0 Å². The summed E-state index contributed by atoms with van der Waals surface area (Å²) in [7, 11) is 6.15. The minimum Gasteiger partial charge on any atom is -0.383 e. The van der Waals surface area contributed by atoms with Gasteiger partial charge in [0.25, 0.3) is 0 Å². The van der Waals surface area contributed by atoms with Crippen LogP contribution < -0.4 is 0 Å².